The van der Waals surface area contributed by atoms with E-state index < -0.39 is 69.4 Å². The predicted molar refractivity (Wildman–Crippen MR) is 137 cm³/mol. The Balaban J connectivity index is 1.60. The molecule has 1 saturated carbocycles. The van der Waals surface area contributed by atoms with Crippen LogP contribution in [0.5, 0.6) is 0 Å². The van der Waals surface area contributed by atoms with Crippen molar-refractivity contribution >= 4 is 27.7 Å². The zero-order valence-corrected chi connectivity index (χ0v) is 22.7. The molecule has 3 aliphatic rings. The van der Waals surface area contributed by atoms with Crippen molar-refractivity contribution in [2.45, 2.75) is 66.6 Å². The van der Waals surface area contributed by atoms with Crippen LogP contribution in [0.1, 0.15) is 43.7 Å². The van der Waals surface area contributed by atoms with Crippen molar-refractivity contribution in [3.05, 3.63) is 54.4 Å². The van der Waals surface area contributed by atoms with Crippen LogP contribution in [0.2, 0.25) is 0 Å². The third-order valence-electron chi connectivity index (χ3n) is 7.89. The molecule has 2 amide bonds. The first-order valence-corrected chi connectivity index (χ1v) is 14.9. The summed E-state index contributed by atoms with van der Waals surface area (Å²) in [7, 11) is -10.1. The van der Waals surface area contributed by atoms with Crippen molar-refractivity contribution in [1.29, 1.82) is 5.26 Å². The van der Waals surface area contributed by atoms with Crippen LogP contribution in [0.25, 0.3) is 0 Å². The Hall–Kier alpha value is -3.58. The van der Waals surface area contributed by atoms with Crippen molar-refractivity contribution in [1.82, 2.24) is 15.2 Å². The van der Waals surface area contributed by atoms with E-state index in [1.807, 2.05) is 6.19 Å². The number of anilines is 1. The van der Waals surface area contributed by atoms with Gasteiger partial charge in [0.05, 0.1) is 19.3 Å². The van der Waals surface area contributed by atoms with Gasteiger partial charge < -0.3 is 10.1 Å². The lowest BCUT2D eigenvalue weighted by atomic mass is 9.91. The van der Waals surface area contributed by atoms with Gasteiger partial charge in [0.1, 0.15) is 10.9 Å². The number of alkyl halides is 2. The second-order valence-corrected chi connectivity index (χ2v) is 13.3. The molecule has 1 aliphatic carbocycles. The number of hydrogen-bond donors (Lipinski definition) is 1. The molecule has 1 N–H and O–H groups in total. The molecule has 8 nitrogen and oxygen atoms in total. The zero-order chi connectivity index (χ0) is 30.6. The quantitative estimate of drug-likeness (QED) is 0.309. The van der Waals surface area contributed by atoms with Gasteiger partial charge in [0.25, 0.3) is 5.91 Å². The molecule has 2 bridgehead atoms. The number of aromatic nitrogens is 1. The summed E-state index contributed by atoms with van der Waals surface area (Å²) in [6, 6.07) is 2.12. The summed E-state index contributed by atoms with van der Waals surface area (Å²) in [5.41, 5.74) is -1.85. The summed E-state index contributed by atoms with van der Waals surface area (Å²) >= 11 is 0. The molecule has 1 aromatic carbocycles. The smallest absolute Gasteiger partial charge is 0.310 e. The first-order valence-electron chi connectivity index (χ1n) is 13.0. The van der Waals surface area contributed by atoms with Crippen molar-refractivity contribution in [2.75, 3.05) is 18.1 Å². The van der Waals surface area contributed by atoms with E-state index in [1.54, 1.807) is 0 Å². The molecular formula is C26H26F7N5O3S. The Morgan fingerprint density at radius 3 is 2.33 bits per heavy atom. The Labute approximate surface area is 236 Å². The molecule has 228 valence electrons. The Kier molecular flexibility index (Phi) is 6.74. The number of pyridine rings is 1. The summed E-state index contributed by atoms with van der Waals surface area (Å²) in [4.78, 5) is 32.1. The molecule has 16 heteroatoms. The van der Waals surface area contributed by atoms with Gasteiger partial charge in [-0.1, -0.05) is 25.5 Å². The van der Waals surface area contributed by atoms with Crippen LogP contribution in [0.4, 0.5) is 33.9 Å². The number of nitriles is 1. The summed E-state index contributed by atoms with van der Waals surface area (Å²) < 4.78 is 101. The van der Waals surface area contributed by atoms with Gasteiger partial charge in [-0.25, -0.2) is 8.78 Å². The van der Waals surface area contributed by atoms with E-state index in [-0.39, 0.29) is 55.8 Å². The van der Waals surface area contributed by atoms with E-state index >= 15 is 0 Å². The van der Waals surface area contributed by atoms with Crippen LogP contribution in [0, 0.1) is 11.5 Å². The number of rotatable bonds is 7. The van der Waals surface area contributed by atoms with Crippen LogP contribution in [-0.2, 0) is 14.3 Å². The number of carbonyl (C=O) groups is 2. The Bertz CT molecular complexity index is 1410. The number of ether oxygens (including phenoxy) is 1. The number of benzene rings is 1. The van der Waals surface area contributed by atoms with Crippen molar-refractivity contribution in [3.63, 3.8) is 0 Å². The van der Waals surface area contributed by atoms with Crippen LogP contribution < -0.4 is 10.2 Å². The fraction of sp³-hybridized carbons (Fsp3) is 0.462. The van der Waals surface area contributed by atoms with Crippen molar-refractivity contribution < 1.29 is 42.5 Å². The lowest BCUT2D eigenvalue weighted by Crippen LogP contribution is -2.60. The molecular weight excluding hydrogens is 595 g/mol. The Morgan fingerprint density at radius 2 is 1.79 bits per heavy atom. The average Bonchev–Trinajstić information content (AvgIpc) is 3.52. The summed E-state index contributed by atoms with van der Waals surface area (Å²) in [6.07, 6.45) is 2.99. The summed E-state index contributed by atoms with van der Waals surface area (Å²) in [5, 5.41) is 12.4. The minimum atomic E-state index is -10.1. The fourth-order valence-corrected chi connectivity index (χ4v) is 6.38. The van der Waals surface area contributed by atoms with Gasteiger partial charge in [-0.05, 0) is 43.2 Å². The third kappa shape index (κ3) is 5.71. The molecule has 42 heavy (non-hydrogen) atoms. The molecule has 3 unspecified atom stereocenters. The van der Waals surface area contributed by atoms with Crippen LogP contribution in [0.3, 0.4) is 0 Å². The minimum Gasteiger partial charge on any atom is -0.373 e. The predicted octanol–water partition coefficient (Wildman–Crippen LogP) is 5.83. The molecule has 2 saturated heterocycles. The molecule has 1 aromatic heterocycles. The number of nitrogens with one attached hydrogen (secondary N) is 1. The maximum absolute atomic E-state index is 14.4. The fourth-order valence-electron chi connectivity index (χ4n) is 5.73. The highest BCUT2D eigenvalue weighted by Crippen LogP contribution is 3.02. The van der Waals surface area contributed by atoms with E-state index in [2.05, 4.69) is 10.3 Å². The SMILES string of the molecule is N#CN1CC2CC1(C(=O)N(c1ccc(S(F)(F)(F)(F)F)cc1)C(C(=O)NC1CCC(F)(F)CC1)c1cccnc1)CO2. The monoisotopic (exact) mass is 621 g/mol. The van der Waals surface area contributed by atoms with Crippen LogP contribution >= 0.6 is 10.2 Å². The van der Waals surface area contributed by atoms with Gasteiger partial charge in [-0.3, -0.25) is 24.4 Å². The molecule has 0 radical (unpaired) electrons. The maximum Gasteiger partial charge on any atom is 0.310 e. The standard InChI is InChI=1S/C26H26F7N5O3S/c27-26(28)9-7-18(8-10-26)36-23(39)22(17-2-1-11-35-13-17)38(19-3-5-21(6-4-19)42(29,30,31,32)33)24(40)25-12-20(41-15-25)14-37(25)16-34/h1-6,11,13,18,20,22H,7-10,12,14-15H2,(H,36,39). The normalized spacial score (nSPS) is 26.0. The molecule has 5 rings (SSSR count). The minimum absolute atomic E-state index is 0.0402. The van der Waals surface area contributed by atoms with E-state index in [0.29, 0.717) is 12.1 Å². The largest absolute Gasteiger partial charge is 0.373 e. The highest BCUT2D eigenvalue weighted by molar-refractivity contribution is 8.45. The first-order chi connectivity index (χ1) is 19.4. The lowest BCUT2D eigenvalue weighted by molar-refractivity contribution is -0.134. The number of halogens is 7. The average molecular weight is 622 g/mol. The molecule has 2 aromatic rings. The van der Waals surface area contributed by atoms with Gasteiger partial charge >= 0.3 is 10.2 Å². The van der Waals surface area contributed by atoms with Gasteiger partial charge in [-0.2, -0.15) is 5.26 Å². The molecule has 0 spiro atoms. The van der Waals surface area contributed by atoms with Crippen LogP contribution in [-0.4, -0.2) is 58.5 Å². The highest BCUT2D eigenvalue weighted by Gasteiger charge is 2.65. The number of likely N-dealkylation sites (tertiary alicyclic amines) is 1. The number of hydrogen-bond acceptors (Lipinski definition) is 6. The van der Waals surface area contributed by atoms with Crippen LogP contribution in [0.15, 0.2) is 53.7 Å². The van der Waals surface area contributed by atoms with Crippen molar-refractivity contribution in [2.24, 2.45) is 0 Å². The topological polar surface area (TPSA) is 98.6 Å². The third-order valence-corrected chi connectivity index (χ3v) is 9.06. The van der Waals surface area contributed by atoms with E-state index in [0.717, 1.165) is 4.90 Å². The summed E-state index contributed by atoms with van der Waals surface area (Å²) in [5.74, 6) is -4.63. The van der Waals surface area contributed by atoms with Gasteiger partial charge in [0.15, 0.2) is 11.7 Å². The molecule has 3 heterocycles. The number of nitrogens with zero attached hydrogens (tertiary/aromatic N) is 4. The lowest BCUT2D eigenvalue weighted by Gasteiger charge is -2.42. The van der Waals surface area contributed by atoms with Gasteiger partial charge in [0.2, 0.25) is 11.8 Å². The number of morpholine rings is 1. The molecule has 3 atom stereocenters. The highest BCUT2D eigenvalue weighted by atomic mass is 32.5. The Morgan fingerprint density at radius 1 is 1.12 bits per heavy atom. The number of amides is 2. The van der Waals surface area contributed by atoms with E-state index in [4.69, 9.17) is 4.74 Å². The zero-order valence-electron chi connectivity index (χ0n) is 21.9. The van der Waals surface area contributed by atoms with Gasteiger partial charge in [-0.15, -0.1) is 0 Å². The van der Waals surface area contributed by atoms with Gasteiger partial charge in [0, 0.05) is 48.9 Å². The molecule has 2 aliphatic heterocycles. The first kappa shape index (κ1) is 29.9. The number of carbonyl (C=O) groups excluding carboxylic acids is 2. The number of fused-ring (bicyclic) bond motifs is 2. The molecule has 3 fully saturated rings. The second-order valence-electron chi connectivity index (χ2n) is 10.8. The van der Waals surface area contributed by atoms with E-state index in [9.17, 15) is 43.1 Å². The maximum atomic E-state index is 14.4. The second kappa shape index (κ2) is 9.46. The summed E-state index contributed by atoms with van der Waals surface area (Å²) in [6.45, 7) is -0.206. The van der Waals surface area contributed by atoms with Crippen molar-refractivity contribution in [3.8, 4) is 6.19 Å². The van der Waals surface area contributed by atoms with E-state index in [1.165, 1.54) is 29.4 Å².